The molecule has 26 heavy (non-hydrogen) atoms. The fraction of sp³-hybridized carbons (Fsp3) is 0.143. The van der Waals surface area contributed by atoms with Crippen molar-refractivity contribution in [1.29, 1.82) is 0 Å². The molecule has 132 valence electrons. The molecule has 5 nitrogen and oxygen atoms in total. The summed E-state index contributed by atoms with van der Waals surface area (Å²) in [6.45, 7) is 6.51. The highest BCUT2D eigenvalue weighted by molar-refractivity contribution is 6.09. The Labute approximate surface area is 152 Å². The van der Waals surface area contributed by atoms with Crippen LogP contribution in [0.25, 0.3) is 10.9 Å². The number of benzene rings is 2. The van der Waals surface area contributed by atoms with Crippen LogP contribution in [-0.2, 0) is 0 Å². The Morgan fingerprint density at radius 2 is 1.96 bits per heavy atom. The van der Waals surface area contributed by atoms with E-state index in [1.165, 1.54) is 0 Å². The molecule has 1 aromatic heterocycles. The SMILES string of the molecule is C=CCOc1ccc(C(=O)Nc2ccc(OCC)c3ncccc23)cc1. The lowest BCUT2D eigenvalue weighted by atomic mass is 10.1. The monoisotopic (exact) mass is 348 g/mol. The highest BCUT2D eigenvalue weighted by Gasteiger charge is 2.12. The second kappa shape index (κ2) is 8.16. The molecule has 0 aliphatic rings. The molecular formula is C21H20N2O3. The van der Waals surface area contributed by atoms with Gasteiger partial charge in [0, 0.05) is 17.1 Å². The van der Waals surface area contributed by atoms with Crippen LogP contribution in [0.5, 0.6) is 11.5 Å². The molecule has 1 heterocycles. The molecular weight excluding hydrogens is 328 g/mol. The van der Waals surface area contributed by atoms with Gasteiger partial charge in [-0.2, -0.15) is 0 Å². The maximum atomic E-state index is 12.6. The van der Waals surface area contributed by atoms with E-state index >= 15 is 0 Å². The summed E-state index contributed by atoms with van der Waals surface area (Å²) < 4.78 is 11.0. The van der Waals surface area contributed by atoms with Crippen LogP contribution in [0.15, 0.2) is 67.4 Å². The lowest BCUT2D eigenvalue weighted by Crippen LogP contribution is -2.12. The predicted octanol–water partition coefficient (Wildman–Crippen LogP) is 4.45. The van der Waals surface area contributed by atoms with Gasteiger partial charge in [0.25, 0.3) is 5.91 Å². The van der Waals surface area contributed by atoms with Crippen molar-refractivity contribution in [2.75, 3.05) is 18.5 Å². The van der Waals surface area contributed by atoms with Crippen LogP contribution in [0, 0.1) is 0 Å². The molecule has 3 aromatic rings. The molecule has 0 radical (unpaired) electrons. The number of ether oxygens (including phenoxy) is 2. The average molecular weight is 348 g/mol. The van der Waals surface area contributed by atoms with Crippen LogP contribution in [0.2, 0.25) is 0 Å². The third-order valence-electron chi connectivity index (χ3n) is 3.77. The Morgan fingerprint density at radius 1 is 1.15 bits per heavy atom. The summed E-state index contributed by atoms with van der Waals surface area (Å²) in [5, 5.41) is 3.77. The fourth-order valence-corrected chi connectivity index (χ4v) is 2.58. The highest BCUT2D eigenvalue weighted by atomic mass is 16.5. The standard InChI is InChI=1S/C21H20N2O3/c1-3-14-26-16-9-7-15(8-10-16)21(24)23-18-11-12-19(25-4-2)20-17(18)6-5-13-22-20/h3,5-13H,1,4,14H2,2H3,(H,23,24). The zero-order valence-corrected chi connectivity index (χ0v) is 14.6. The van der Waals surface area contributed by atoms with Gasteiger partial charge < -0.3 is 14.8 Å². The summed E-state index contributed by atoms with van der Waals surface area (Å²) in [6, 6.07) is 14.4. The van der Waals surface area contributed by atoms with E-state index in [9.17, 15) is 4.79 Å². The van der Waals surface area contributed by atoms with E-state index in [0.717, 1.165) is 10.9 Å². The van der Waals surface area contributed by atoms with E-state index in [1.54, 1.807) is 36.5 Å². The van der Waals surface area contributed by atoms with Gasteiger partial charge in [0.1, 0.15) is 23.6 Å². The second-order valence-corrected chi connectivity index (χ2v) is 5.52. The van der Waals surface area contributed by atoms with Crippen molar-refractivity contribution in [2.45, 2.75) is 6.92 Å². The summed E-state index contributed by atoms with van der Waals surface area (Å²) in [4.78, 5) is 17.0. The van der Waals surface area contributed by atoms with E-state index in [1.807, 2.05) is 31.2 Å². The van der Waals surface area contributed by atoms with Gasteiger partial charge in [0.2, 0.25) is 0 Å². The number of anilines is 1. The minimum Gasteiger partial charge on any atom is -0.492 e. The highest BCUT2D eigenvalue weighted by Crippen LogP contribution is 2.30. The van der Waals surface area contributed by atoms with E-state index in [0.29, 0.717) is 36.0 Å². The minimum atomic E-state index is -0.199. The zero-order valence-electron chi connectivity index (χ0n) is 14.6. The number of aromatic nitrogens is 1. The summed E-state index contributed by atoms with van der Waals surface area (Å²) >= 11 is 0. The topological polar surface area (TPSA) is 60.5 Å². The van der Waals surface area contributed by atoms with Crippen LogP contribution in [0.1, 0.15) is 17.3 Å². The molecule has 0 unspecified atom stereocenters. The van der Waals surface area contributed by atoms with Crippen molar-refractivity contribution in [3.05, 3.63) is 72.9 Å². The largest absolute Gasteiger partial charge is 0.492 e. The Morgan fingerprint density at radius 3 is 2.69 bits per heavy atom. The minimum absolute atomic E-state index is 0.199. The summed E-state index contributed by atoms with van der Waals surface area (Å²) in [7, 11) is 0. The number of nitrogens with one attached hydrogen (secondary N) is 1. The number of pyridine rings is 1. The first-order chi connectivity index (χ1) is 12.7. The van der Waals surface area contributed by atoms with Crippen LogP contribution in [0.4, 0.5) is 5.69 Å². The Hall–Kier alpha value is -3.34. The molecule has 0 saturated heterocycles. The lowest BCUT2D eigenvalue weighted by Gasteiger charge is -2.12. The smallest absolute Gasteiger partial charge is 0.255 e. The van der Waals surface area contributed by atoms with Crippen molar-refractivity contribution >= 4 is 22.5 Å². The van der Waals surface area contributed by atoms with E-state index in [2.05, 4.69) is 16.9 Å². The van der Waals surface area contributed by atoms with Gasteiger partial charge in [-0.3, -0.25) is 9.78 Å². The lowest BCUT2D eigenvalue weighted by molar-refractivity contribution is 0.102. The molecule has 0 fully saturated rings. The van der Waals surface area contributed by atoms with Crippen molar-refractivity contribution in [2.24, 2.45) is 0 Å². The average Bonchev–Trinajstić information content (AvgIpc) is 2.68. The quantitative estimate of drug-likeness (QED) is 0.641. The van der Waals surface area contributed by atoms with Gasteiger partial charge in [-0.25, -0.2) is 0 Å². The van der Waals surface area contributed by atoms with Gasteiger partial charge in [-0.1, -0.05) is 12.7 Å². The van der Waals surface area contributed by atoms with Crippen molar-refractivity contribution in [3.63, 3.8) is 0 Å². The maximum Gasteiger partial charge on any atom is 0.255 e. The van der Waals surface area contributed by atoms with Crippen molar-refractivity contribution in [3.8, 4) is 11.5 Å². The first kappa shape index (κ1) is 17.5. The molecule has 0 bridgehead atoms. The predicted molar refractivity (Wildman–Crippen MR) is 103 cm³/mol. The number of amides is 1. The number of carbonyl (C=O) groups is 1. The number of nitrogens with zero attached hydrogens (tertiary/aromatic N) is 1. The molecule has 0 spiro atoms. The number of hydrogen-bond acceptors (Lipinski definition) is 4. The van der Waals surface area contributed by atoms with Gasteiger partial charge in [0.05, 0.1) is 12.3 Å². The Balaban J connectivity index is 1.83. The normalized spacial score (nSPS) is 10.3. The Kier molecular flexibility index (Phi) is 5.49. The third-order valence-corrected chi connectivity index (χ3v) is 3.77. The van der Waals surface area contributed by atoms with Crippen LogP contribution >= 0.6 is 0 Å². The van der Waals surface area contributed by atoms with E-state index in [-0.39, 0.29) is 5.91 Å². The summed E-state index contributed by atoms with van der Waals surface area (Å²) in [5.74, 6) is 1.19. The van der Waals surface area contributed by atoms with Gasteiger partial charge in [0.15, 0.2) is 0 Å². The fourth-order valence-electron chi connectivity index (χ4n) is 2.58. The van der Waals surface area contributed by atoms with E-state index < -0.39 is 0 Å². The van der Waals surface area contributed by atoms with Crippen LogP contribution in [-0.4, -0.2) is 24.1 Å². The third kappa shape index (κ3) is 3.83. The molecule has 0 atom stereocenters. The second-order valence-electron chi connectivity index (χ2n) is 5.52. The number of fused-ring (bicyclic) bond motifs is 1. The maximum absolute atomic E-state index is 12.6. The van der Waals surface area contributed by atoms with Gasteiger partial charge in [-0.05, 0) is 55.5 Å². The van der Waals surface area contributed by atoms with Crippen LogP contribution < -0.4 is 14.8 Å². The molecule has 3 rings (SSSR count). The first-order valence-electron chi connectivity index (χ1n) is 8.38. The molecule has 0 saturated carbocycles. The molecule has 0 aliphatic heterocycles. The summed E-state index contributed by atoms with van der Waals surface area (Å²) in [5.41, 5.74) is 1.95. The first-order valence-corrected chi connectivity index (χ1v) is 8.38. The molecule has 0 aliphatic carbocycles. The zero-order chi connectivity index (χ0) is 18.4. The van der Waals surface area contributed by atoms with Gasteiger partial charge >= 0.3 is 0 Å². The molecule has 1 N–H and O–H groups in total. The number of rotatable bonds is 7. The number of hydrogen-bond donors (Lipinski definition) is 1. The van der Waals surface area contributed by atoms with Crippen molar-refractivity contribution < 1.29 is 14.3 Å². The molecule has 2 aromatic carbocycles. The van der Waals surface area contributed by atoms with Crippen molar-refractivity contribution in [1.82, 2.24) is 4.98 Å². The number of carbonyl (C=O) groups excluding carboxylic acids is 1. The van der Waals surface area contributed by atoms with E-state index in [4.69, 9.17) is 9.47 Å². The molecule has 1 amide bonds. The Bertz CT molecular complexity index is 920. The molecule has 5 heteroatoms. The van der Waals surface area contributed by atoms with Gasteiger partial charge in [-0.15, -0.1) is 0 Å². The van der Waals surface area contributed by atoms with Crippen LogP contribution in [0.3, 0.4) is 0 Å². The summed E-state index contributed by atoms with van der Waals surface area (Å²) in [6.07, 6.45) is 3.38.